The Morgan fingerprint density at radius 1 is 0.892 bits per heavy atom. The lowest BCUT2D eigenvalue weighted by Crippen LogP contribution is -2.29. The highest BCUT2D eigenvalue weighted by molar-refractivity contribution is 6.31. The maximum atomic E-state index is 13.8. The van der Waals surface area contributed by atoms with Crippen LogP contribution in [0.15, 0.2) is 106 Å². The first-order valence-electron chi connectivity index (χ1n) is 11.9. The van der Waals surface area contributed by atoms with Crippen LogP contribution >= 0.6 is 11.6 Å². The van der Waals surface area contributed by atoms with Crippen molar-refractivity contribution in [1.82, 2.24) is 0 Å². The molecule has 0 N–H and O–H groups in total. The van der Waals surface area contributed by atoms with Gasteiger partial charge in [-0.3, -0.25) is 14.5 Å². The molecule has 5 nitrogen and oxygen atoms in total. The predicted octanol–water partition coefficient (Wildman–Crippen LogP) is 7.08. The highest BCUT2D eigenvalue weighted by atomic mass is 35.5. The van der Waals surface area contributed by atoms with E-state index in [9.17, 15) is 9.59 Å². The van der Waals surface area contributed by atoms with Crippen LogP contribution in [0.4, 0.5) is 5.69 Å². The number of hydrogen-bond acceptors (Lipinski definition) is 4. The van der Waals surface area contributed by atoms with Crippen LogP contribution in [0.25, 0.3) is 11.0 Å². The number of rotatable bonds is 5. The van der Waals surface area contributed by atoms with Crippen LogP contribution < -0.4 is 15.1 Å². The molecule has 1 aromatic heterocycles. The molecule has 0 saturated carbocycles. The number of halogens is 1. The Morgan fingerprint density at radius 3 is 2.43 bits per heavy atom. The summed E-state index contributed by atoms with van der Waals surface area (Å²) in [6, 6.07) is 29.1. The first-order chi connectivity index (χ1) is 18.0. The first kappa shape index (κ1) is 23.1. The fourth-order valence-corrected chi connectivity index (χ4v) is 4.97. The smallest absolute Gasteiger partial charge is 0.295 e. The van der Waals surface area contributed by atoms with E-state index in [-0.39, 0.29) is 17.1 Å². The molecule has 0 aliphatic carbocycles. The average Bonchev–Trinajstić information content (AvgIpc) is 3.21. The molecule has 0 radical (unpaired) electrons. The van der Waals surface area contributed by atoms with Gasteiger partial charge in [0.1, 0.15) is 17.9 Å². The summed E-state index contributed by atoms with van der Waals surface area (Å²) in [5, 5.41) is 0.942. The molecule has 1 aliphatic rings. The summed E-state index contributed by atoms with van der Waals surface area (Å²) in [6.07, 6.45) is 0. The minimum atomic E-state index is -0.676. The van der Waals surface area contributed by atoms with E-state index in [2.05, 4.69) is 0 Å². The molecule has 37 heavy (non-hydrogen) atoms. The van der Waals surface area contributed by atoms with Crippen LogP contribution in [0, 0.1) is 6.92 Å². The number of amides is 1. The number of nitrogens with zero attached hydrogens (tertiary/aromatic N) is 1. The van der Waals surface area contributed by atoms with Crippen molar-refractivity contribution in [2.75, 3.05) is 4.90 Å². The zero-order chi connectivity index (χ0) is 25.5. The van der Waals surface area contributed by atoms with E-state index < -0.39 is 6.04 Å². The fraction of sp³-hybridized carbons (Fsp3) is 0.0968. The van der Waals surface area contributed by atoms with Gasteiger partial charge in [0.2, 0.25) is 5.76 Å². The molecular formula is C31H22ClNO4. The number of benzene rings is 4. The number of aryl methyl sites for hydroxylation is 1. The van der Waals surface area contributed by atoms with E-state index >= 15 is 0 Å². The Labute approximate surface area is 218 Å². The average molecular weight is 508 g/mol. The highest BCUT2D eigenvalue weighted by Gasteiger charge is 2.43. The summed E-state index contributed by atoms with van der Waals surface area (Å²) in [5.74, 6) is 0.356. The lowest BCUT2D eigenvalue weighted by molar-refractivity contribution is 0.0971. The lowest BCUT2D eigenvalue weighted by Gasteiger charge is -2.25. The van der Waals surface area contributed by atoms with Crippen LogP contribution in [0.5, 0.6) is 5.75 Å². The summed E-state index contributed by atoms with van der Waals surface area (Å²) in [7, 11) is 0. The predicted molar refractivity (Wildman–Crippen MR) is 145 cm³/mol. The number of ether oxygens (including phenoxy) is 1. The fourth-order valence-electron chi connectivity index (χ4n) is 4.78. The van der Waals surface area contributed by atoms with Gasteiger partial charge in [0.15, 0.2) is 5.43 Å². The number of fused-ring (bicyclic) bond motifs is 2. The third kappa shape index (κ3) is 4.17. The molecule has 1 atom stereocenters. The molecule has 6 heteroatoms. The summed E-state index contributed by atoms with van der Waals surface area (Å²) >= 11 is 6.28. The van der Waals surface area contributed by atoms with E-state index in [1.807, 2.05) is 67.6 Å². The molecule has 0 bridgehead atoms. The van der Waals surface area contributed by atoms with Crippen LogP contribution in [-0.4, -0.2) is 5.91 Å². The van der Waals surface area contributed by atoms with E-state index in [4.69, 9.17) is 20.8 Å². The Kier molecular flexibility index (Phi) is 5.78. The molecule has 182 valence electrons. The van der Waals surface area contributed by atoms with Crippen LogP contribution in [0.3, 0.4) is 0 Å². The van der Waals surface area contributed by atoms with Crippen molar-refractivity contribution in [3.63, 3.8) is 0 Å². The van der Waals surface area contributed by atoms with Crippen molar-refractivity contribution >= 4 is 34.2 Å². The molecule has 4 aromatic carbocycles. The van der Waals surface area contributed by atoms with Gasteiger partial charge in [-0.15, -0.1) is 0 Å². The van der Waals surface area contributed by atoms with Gasteiger partial charge in [-0.1, -0.05) is 71.8 Å². The van der Waals surface area contributed by atoms with Gasteiger partial charge in [0, 0.05) is 10.7 Å². The van der Waals surface area contributed by atoms with Gasteiger partial charge >= 0.3 is 0 Å². The summed E-state index contributed by atoms with van der Waals surface area (Å²) in [5.41, 5.74) is 3.84. The van der Waals surface area contributed by atoms with Gasteiger partial charge < -0.3 is 9.15 Å². The second-order valence-electron chi connectivity index (χ2n) is 9.07. The minimum Gasteiger partial charge on any atom is -0.489 e. The van der Waals surface area contributed by atoms with E-state index in [1.165, 1.54) is 0 Å². The molecule has 1 unspecified atom stereocenters. The molecule has 1 amide bonds. The van der Waals surface area contributed by atoms with Gasteiger partial charge in [0.25, 0.3) is 5.91 Å². The Morgan fingerprint density at radius 2 is 1.68 bits per heavy atom. The number of carbonyl (C=O) groups excluding carboxylic acids is 1. The SMILES string of the molecule is Cc1ccc2oc3c(c(=O)c2c1)C(c1ccc(OCc2ccccc2)cc1)N(c1cccc(Cl)c1)C3=O. The molecule has 0 fully saturated rings. The quantitative estimate of drug-likeness (QED) is 0.255. The zero-order valence-electron chi connectivity index (χ0n) is 20.0. The Balaban J connectivity index is 1.45. The van der Waals surface area contributed by atoms with Crippen molar-refractivity contribution in [3.05, 3.63) is 140 Å². The number of anilines is 1. The third-order valence-electron chi connectivity index (χ3n) is 6.56. The normalized spacial score (nSPS) is 14.7. The Bertz CT molecular complexity index is 1690. The van der Waals surface area contributed by atoms with Gasteiger partial charge in [-0.2, -0.15) is 0 Å². The van der Waals surface area contributed by atoms with E-state index in [0.717, 1.165) is 16.7 Å². The standard InChI is InChI=1S/C31H22ClNO4/c1-19-10-15-26-25(16-19)29(34)27-28(33(31(35)30(27)37-26)23-9-5-8-22(32)17-23)21-11-13-24(14-12-21)36-18-20-6-3-2-4-7-20/h2-17,28H,18H2,1H3. The largest absolute Gasteiger partial charge is 0.489 e. The number of hydrogen-bond donors (Lipinski definition) is 0. The molecule has 0 saturated heterocycles. The van der Waals surface area contributed by atoms with Crippen molar-refractivity contribution < 1.29 is 13.9 Å². The van der Waals surface area contributed by atoms with E-state index in [1.54, 1.807) is 41.3 Å². The van der Waals surface area contributed by atoms with Crippen molar-refractivity contribution in [3.8, 4) is 5.75 Å². The minimum absolute atomic E-state index is 0.0516. The molecule has 0 spiro atoms. The summed E-state index contributed by atoms with van der Waals surface area (Å²) in [6.45, 7) is 2.36. The second-order valence-corrected chi connectivity index (χ2v) is 9.51. The van der Waals surface area contributed by atoms with Gasteiger partial charge in [0.05, 0.1) is 17.0 Å². The zero-order valence-corrected chi connectivity index (χ0v) is 20.7. The first-order valence-corrected chi connectivity index (χ1v) is 12.3. The van der Waals surface area contributed by atoms with E-state index in [0.29, 0.717) is 39.6 Å². The summed E-state index contributed by atoms with van der Waals surface area (Å²) in [4.78, 5) is 29.1. The van der Waals surface area contributed by atoms with Gasteiger partial charge in [-0.25, -0.2) is 0 Å². The number of carbonyl (C=O) groups is 1. The monoisotopic (exact) mass is 507 g/mol. The topological polar surface area (TPSA) is 59.8 Å². The molecule has 2 heterocycles. The maximum Gasteiger partial charge on any atom is 0.295 e. The highest BCUT2D eigenvalue weighted by Crippen LogP contribution is 2.42. The van der Waals surface area contributed by atoms with Crippen molar-refractivity contribution in [2.24, 2.45) is 0 Å². The third-order valence-corrected chi connectivity index (χ3v) is 6.79. The lowest BCUT2D eigenvalue weighted by atomic mass is 9.98. The molecular weight excluding hydrogens is 486 g/mol. The van der Waals surface area contributed by atoms with Crippen molar-refractivity contribution in [1.29, 1.82) is 0 Å². The molecule has 5 aromatic rings. The summed E-state index contributed by atoms with van der Waals surface area (Å²) < 4.78 is 12.0. The Hall–Kier alpha value is -4.35. The van der Waals surface area contributed by atoms with Crippen LogP contribution in [0.2, 0.25) is 5.02 Å². The molecule has 1 aliphatic heterocycles. The second kappa shape index (κ2) is 9.26. The molecule has 6 rings (SSSR count). The van der Waals surface area contributed by atoms with Crippen LogP contribution in [0.1, 0.15) is 38.9 Å². The van der Waals surface area contributed by atoms with Gasteiger partial charge in [-0.05, 0) is 60.5 Å². The van der Waals surface area contributed by atoms with Crippen LogP contribution in [-0.2, 0) is 6.61 Å². The maximum absolute atomic E-state index is 13.8. The van der Waals surface area contributed by atoms with Crippen molar-refractivity contribution in [2.45, 2.75) is 19.6 Å².